The van der Waals surface area contributed by atoms with Crippen molar-refractivity contribution in [3.8, 4) is 0 Å². The number of imidazole rings is 2. The van der Waals surface area contributed by atoms with E-state index in [4.69, 9.17) is 5.73 Å². The van der Waals surface area contributed by atoms with E-state index in [0.29, 0.717) is 11.4 Å². The number of carbonyl (C=O) groups is 4. The number of aliphatic carboxylic acids is 1. The van der Waals surface area contributed by atoms with Crippen molar-refractivity contribution in [2.75, 3.05) is 5.75 Å². The zero-order valence-corrected chi connectivity index (χ0v) is 21.2. The molecule has 0 fully saturated rings. The number of aromatic amines is 2. The summed E-state index contributed by atoms with van der Waals surface area (Å²) in [5.41, 5.74) is 8.06. The number of hydrogen-bond acceptors (Lipinski definition) is 8. The number of carboxylic acid groups (broad SMARTS) is 1. The molecule has 0 saturated carbocycles. The van der Waals surface area contributed by atoms with Crippen LogP contribution in [0, 0.1) is 0 Å². The quantitative estimate of drug-likeness (QED) is 0.118. The van der Waals surface area contributed by atoms with Crippen LogP contribution in [0.5, 0.6) is 0 Å². The predicted octanol–water partition coefficient (Wildman–Crippen LogP) is -1.04. The zero-order chi connectivity index (χ0) is 27.5. The number of nitrogens with one attached hydrogen (secondary N) is 5. The second-order valence-corrected chi connectivity index (χ2v) is 8.93. The van der Waals surface area contributed by atoms with Crippen LogP contribution in [-0.2, 0) is 38.4 Å². The van der Waals surface area contributed by atoms with Crippen molar-refractivity contribution >= 4 is 36.3 Å². The number of benzene rings is 1. The van der Waals surface area contributed by atoms with E-state index in [0.717, 1.165) is 5.56 Å². The predicted molar refractivity (Wildman–Crippen MR) is 140 cm³/mol. The molecule has 3 rings (SSSR count). The molecule has 3 amide bonds. The minimum atomic E-state index is -1.27. The summed E-state index contributed by atoms with van der Waals surface area (Å²) in [6.07, 6.45) is 6.13. The maximum Gasteiger partial charge on any atom is 0.327 e. The molecule has 0 bridgehead atoms. The van der Waals surface area contributed by atoms with Crippen LogP contribution in [0.15, 0.2) is 55.4 Å². The Kier molecular flexibility index (Phi) is 10.4. The topological polar surface area (TPSA) is 208 Å². The third kappa shape index (κ3) is 8.45. The van der Waals surface area contributed by atoms with E-state index in [1.165, 1.54) is 25.0 Å². The van der Waals surface area contributed by atoms with E-state index in [1.54, 1.807) is 0 Å². The SMILES string of the molecule is NC(Cc1ccccc1)C(=O)NC(Cc1cnc[nH]1)C(=O)NC(Cc1cnc[nH]1)C(=O)NC(CS)C(=O)O. The molecule has 0 aliphatic heterocycles. The molecule has 0 aliphatic carbocycles. The lowest BCUT2D eigenvalue weighted by Gasteiger charge is -2.24. The maximum absolute atomic E-state index is 13.4. The summed E-state index contributed by atoms with van der Waals surface area (Å²) in [6, 6.07) is 4.74. The Morgan fingerprint density at radius 2 is 1.32 bits per heavy atom. The first kappa shape index (κ1) is 28.4. The van der Waals surface area contributed by atoms with Crippen molar-refractivity contribution in [1.29, 1.82) is 0 Å². The number of carboxylic acids is 1. The second kappa shape index (κ2) is 13.9. The lowest BCUT2D eigenvalue weighted by Crippen LogP contribution is -2.58. The van der Waals surface area contributed by atoms with Gasteiger partial charge in [0.25, 0.3) is 0 Å². The lowest BCUT2D eigenvalue weighted by atomic mass is 10.0. The van der Waals surface area contributed by atoms with Crippen LogP contribution in [0.1, 0.15) is 17.0 Å². The minimum absolute atomic E-state index is 0.00523. The van der Waals surface area contributed by atoms with Gasteiger partial charge in [0.1, 0.15) is 18.1 Å². The molecule has 3 aromatic rings. The van der Waals surface area contributed by atoms with Crippen LogP contribution >= 0.6 is 12.6 Å². The van der Waals surface area contributed by atoms with Gasteiger partial charge in [-0.2, -0.15) is 12.6 Å². The second-order valence-electron chi connectivity index (χ2n) is 8.56. The van der Waals surface area contributed by atoms with Crippen molar-refractivity contribution in [2.24, 2.45) is 5.73 Å². The normalized spacial score (nSPS) is 14.1. The standard InChI is InChI=1S/C24H30N8O5S/c25-17(6-14-4-2-1-3-5-14)21(33)30-18(7-15-9-26-12-28-15)22(34)31-19(8-16-10-27-13-29-16)23(35)32-20(11-38)24(36)37/h1-5,9-10,12-13,17-20,38H,6-8,11,25H2,(H,26,28)(H,27,29)(H,30,33)(H,31,34)(H,32,35)(H,36,37). The van der Waals surface area contributed by atoms with E-state index in [1.807, 2.05) is 30.3 Å². The molecule has 4 atom stereocenters. The van der Waals surface area contributed by atoms with Gasteiger partial charge in [-0.25, -0.2) is 14.8 Å². The van der Waals surface area contributed by atoms with Crippen molar-refractivity contribution < 1.29 is 24.3 Å². The number of H-pyrrole nitrogens is 2. The fraction of sp³-hybridized carbons (Fsp3) is 0.333. The number of rotatable bonds is 14. The van der Waals surface area contributed by atoms with Crippen LogP contribution in [0.25, 0.3) is 0 Å². The number of hydrogen-bond donors (Lipinski definition) is 8. The third-order valence-corrected chi connectivity index (χ3v) is 6.02. The van der Waals surface area contributed by atoms with Gasteiger partial charge in [-0.05, 0) is 12.0 Å². The van der Waals surface area contributed by atoms with Crippen LogP contribution < -0.4 is 21.7 Å². The molecule has 0 aliphatic rings. The fourth-order valence-corrected chi connectivity index (χ4v) is 3.87. The van der Waals surface area contributed by atoms with Gasteiger partial charge in [0.2, 0.25) is 17.7 Å². The van der Waals surface area contributed by atoms with Gasteiger partial charge in [-0.3, -0.25) is 14.4 Å². The van der Waals surface area contributed by atoms with Crippen molar-refractivity contribution in [1.82, 2.24) is 35.9 Å². The Bertz CT molecular complexity index is 1190. The summed E-state index contributed by atoms with van der Waals surface area (Å²) in [5, 5.41) is 17.0. The van der Waals surface area contributed by atoms with E-state index >= 15 is 0 Å². The highest BCUT2D eigenvalue weighted by Gasteiger charge is 2.31. The number of nitrogens with two attached hydrogens (primary N) is 1. The number of carbonyl (C=O) groups excluding carboxylic acids is 3. The van der Waals surface area contributed by atoms with E-state index in [2.05, 4.69) is 48.5 Å². The van der Waals surface area contributed by atoms with Crippen LogP contribution in [-0.4, -0.2) is 78.7 Å². The lowest BCUT2D eigenvalue weighted by molar-refractivity contribution is -0.141. The third-order valence-electron chi connectivity index (χ3n) is 5.66. The van der Waals surface area contributed by atoms with Gasteiger partial charge in [-0.1, -0.05) is 30.3 Å². The Balaban J connectivity index is 1.76. The van der Waals surface area contributed by atoms with Crippen LogP contribution in [0.3, 0.4) is 0 Å². The van der Waals surface area contributed by atoms with Gasteiger partial charge in [0.15, 0.2) is 0 Å². The Hall–Kier alpha value is -4.17. The van der Waals surface area contributed by atoms with Gasteiger partial charge < -0.3 is 36.8 Å². The summed E-state index contributed by atoms with van der Waals surface area (Å²) in [6.45, 7) is 0. The van der Waals surface area contributed by atoms with Crippen molar-refractivity contribution in [3.05, 3.63) is 72.3 Å². The first-order chi connectivity index (χ1) is 18.3. The summed E-state index contributed by atoms with van der Waals surface area (Å²) in [5.74, 6) is -3.37. The van der Waals surface area contributed by atoms with E-state index < -0.39 is 47.9 Å². The number of thiol groups is 1. The molecule has 0 spiro atoms. The van der Waals surface area contributed by atoms with Gasteiger partial charge in [0, 0.05) is 42.4 Å². The van der Waals surface area contributed by atoms with Gasteiger partial charge >= 0.3 is 5.97 Å². The van der Waals surface area contributed by atoms with Gasteiger partial charge in [-0.15, -0.1) is 0 Å². The molecule has 202 valence electrons. The van der Waals surface area contributed by atoms with Crippen molar-refractivity contribution in [3.63, 3.8) is 0 Å². The summed E-state index contributed by atoms with van der Waals surface area (Å²) in [4.78, 5) is 64.2. The van der Waals surface area contributed by atoms with E-state index in [9.17, 15) is 24.3 Å². The molecule has 14 heteroatoms. The number of nitrogens with zero attached hydrogens (tertiary/aromatic N) is 2. The molecule has 2 heterocycles. The molecule has 0 radical (unpaired) electrons. The number of amides is 3. The Labute approximate surface area is 223 Å². The molecule has 4 unspecified atom stereocenters. The summed E-state index contributed by atoms with van der Waals surface area (Å²) >= 11 is 3.96. The monoisotopic (exact) mass is 542 g/mol. The average molecular weight is 543 g/mol. The molecular formula is C24H30N8O5S. The maximum atomic E-state index is 13.4. The van der Waals surface area contributed by atoms with E-state index in [-0.39, 0.29) is 25.0 Å². The molecule has 8 N–H and O–H groups in total. The molecule has 13 nitrogen and oxygen atoms in total. The molecular weight excluding hydrogens is 512 g/mol. The molecule has 38 heavy (non-hydrogen) atoms. The highest BCUT2D eigenvalue weighted by Crippen LogP contribution is 2.06. The number of aromatic nitrogens is 4. The first-order valence-electron chi connectivity index (χ1n) is 11.8. The Morgan fingerprint density at radius 3 is 1.76 bits per heavy atom. The average Bonchev–Trinajstić information content (AvgIpc) is 3.61. The fourth-order valence-electron chi connectivity index (χ4n) is 3.62. The zero-order valence-electron chi connectivity index (χ0n) is 20.3. The highest BCUT2D eigenvalue weighted by atomic mass is 32.1. The molecule has 0 saturated heterocycles. The smallest absolute Gasteiger partial charge is 0.327 e. The summed E-state index contributed by atoms with van der Waals surface area (Å²) in [7, 11) is 0. The minimum Gasteiger partial charge on any atom is -0.480 e. The summed E-state index contributed by atoms with van der Waals surface area (Å²) < 4.78 is 0. The first-order valence-corrected chi connectivity index (χ1v) is 12.4. The largest absolute Gasteiger partial charge is 0.480 e. The van der Waals surface area contributed by atoms with Crippen LogP contribution in [0.2, 0.25) is 0 Å². The highest BCUT2D eigenvalue weighted by molar-refractivity contribution is 7.80. The van der Waals surface area contributed by atoms with Crippen molar-refractivity contribution in [2.45, 2.75) is 43.4 Å². The molecule has 2 aromatic heterocycles. The van der Waals surface area contributed by atoms with Crippen LogP contribution in [0.4, 0.5) is 0 Å². The Morgan fingerprint density at radius 1 is 0.816 bits per heavy atom. The molecule has 1 aromatic carbocycles. The van der Waals surface area contributed by atoms with Gasteiger partial charge in [0.05, 0.1) is 18.7 Å².